The number of carbonyl (C=O) groups is 1. The summed E-state index contributed by atoms with van der Waals surface area (Å²) < 4.78 is 10.8. The minimum Gasteiger partial charge on any atom is -0.493 e. The third-order valence-electron chi connectivity index (χ3n) is 6.15. The van der Waals surface area contributed by atoms with Crippen LogP contribution in [0, 0.1) is 0 Å². The minimum absolute atomic E-state index is 0.0218. The van der Waals surface area contributed by atoms with Crippen LogP contribution in [0.4, 0.5) is 4.79 Å². The van der Waals surface area contributed by atoms with Gasteiger partial charge in [-0.05, 0) is 66.7 Å². The summed E-state index contributed by atoms with van der Waals surface area (Å²) in [6, 6.07) is 12.4. The fraction of sp³-hybridized carbons (Fsp3) is 0.458. The second kappa shape index (κ2) is 9.39. The van der Waals surface area contributed by atoms with E-state index in [9.17, 15) is 4.79 Å². The van der Waals surface area contributed by atoms with Crippen LogP contribution in [-0.2, 0) is 26.1 Å². The Labute approximate surface area is 178 Å². The highest BCUT2D eigenvalue weighted by Crippen LogP contribution is 2.33. The molecule has 0 aliphatic carbocycles. The second-order valence-electron chi connectivity index (χ2n) is 8.06. The Morgan fingerprint density at radius 3 is 2.33 bits per heavy atom. The number of hydrogen-bond acceptors (Lipinski definition) is 4. The Morgan fingerprint density at radius 2 is 1.63 bits per heavy atom. The molecule has 2 heterocycles. The summed E-state index contributed by atoms with van der Waals surface area (Å²) in [5.41, 5.74) is 4.83. The number of hydrogen-bond donors (Lipinski definition) is 1. The third-order valence-corrected chi connectivity index (χ3v) is 6.15. The summed E-state index contributed by atoms with van der Waals surface area (Å²) in [7, 11) is 3.28. The van der Waals surface area contributed by atoms with Gasteiger partial charge in [0.25, 0.3) is 0 Å². The topological polar surface area (TPSA) is 54.0 Å². The summed E-state index contributed by atoms with van der Waals surface area (Å²) in [5.74, 6) is 1.44. The molecule has 0 aromatic heterocycles. The standard InChI is InChI=1S/C24H31N3O3/c1-29-22-13-18-9-12-27(17-21(18)14-23(22)30-2)24(28)25-15-19-7-3-4-8-20(19)16-26-10-5-6-11-26/h3-4,7-8,13-14H,5-6,9-12,15-17H2,1-2H3,(H,25,28). The van der Waals surface area contributed by atoms with Gasteiger partial charge in [-0.15, -0.1) is 0 Å². The minimum atomic E-state index is -0.0218. The number of nitrogens with one attached hydrogen (secondary N) is 1. The van der Waals surface area contributed by atoms with Crippen LogP contribution < -0.4 is 14.8 Å². The van der Waals surface area contributed by atoms with Gasteiger partial charge in [0.15, 0.2) is 11.5 Å². The van der Waals surface area contributed by atoms with Crippen LogP contribution in [0.25, 0.3) is 0 Å². The maximum absolute atomic E-state index is 12.9. The van der Waals surface area contributed by atoms with Crippen molar-refractivity contribution in [2.45, 2.75) is 38.9 Å². The van der Waals surface area contributed by atoms with Gasteiger partial charge >= 0.3 is 6.03 Å². The van der Waals surface area contributed by atoms with E-state index in [1.54, 1.807) is 14.2 Å². The van der Waals surface area contributed by atoms with Gasteiger partial charge in [-0.25, -0.2) is 4.79 Å². The number of amides is 2. The lowest BCUT2D eigenvalue weighted by Crippen LogP contribution is -2.42. The molecule has 6 heteroatoms. The van der Waals surface area contributed by atoms with Crippen LogP contribution in [0.5, 0.6) is 11.5 Å². The molecule has 0 saturated carbocycles. The van der Waals surface area contributed by atoms with E-state index in [2.05, 4.69) is 28.4 Å². The molecule has 0 bridgehead atoms. The zero-order valence-electron chi connectivity index (χ0n) is 17.9. The van der Waals surface area contributed by atoms with Gasteiger partial charge in [-0.1, -0.05) is 24.3 Å². The molecule has 0 spiro atoms. The maximum Gasteiger partial charge on any atom is 0.317 e. The van der Waals surface area contributed by atoms with Crippen molar-refractivity contribution < 1.29 is 14.3 Å². The predicted octanol–water partition coefficient (Wildman–Crippen LogP) is 3.57. The lowest BCUT2D eigenvalue weighted by atomic mass is 9.99. The summed E-state index contributed by atoms with van der Waals surface area (Å²) in [6.07, 6.45) is 3.38. The zero-order valence-corrected chi connectivity index (χ0v) is 17.9. The van der Waals surface area contributed by atoms with Gasteiger partial charge < -0.3 is 19.7 Å². The first-order chi connectivity index (χ1) is 14.7. The summed E-state index contributed by atoms with van der Waals surface area (Å²) in [6.45, 7) is 5.13. The van der Waals surface area contributed by atoms with E-state index in [0.29, 0.717) is 25.4 Å². The quantitative estimate of drug-likeness (QED) is 0.793. The van der Waals surface area contributed by atoms with Crippen LogP contribution in [0.2, 0.25) is 0 Å². The lowest BCUT2D eigenvalue weighted by molar-refractivity contribution is 0.191. The van der Waals surface area contributed by atoms with Crippen LogP contribution >= 0.6 is 0 Å². The highest BCUT2D eigenvalue weighted by molar-refractivity contribution is 5.74. The number of carbonyl (C=O) groups excluding carboxylic acids is 1. The summed E-state index contributed by atoms with van der Waals surface area (Å²) in [4.78, 5) is 17.2. The second-order valence-corrected chi connectivity index (χ2v) is 8.06. The van der Waals surface area contributed by atoms with E-state index in [1.807, 2.05) is 23.1 Å². The lowest BCUT2D eigenvalue weighted by Gasteiger charge is -2.30. The number of fused-ring (bicyclic) bond motifs is 1. The van der Waals surface area contributed by atoms with Crippen LogP contribution in [0.1, 0.15) is 35.1 Å². The first-order valence-corrected chi connectivity index (χ1v) is 10.7. The van der Waals surface area contributed by atoms with E-state index >= 15 is 0 Å². The van der Waals surface area contributed by atoms with Gasteiger partial charge in [0.05, 0.1) is 14.2 Å². The smallest absolute Gasteiger partial charge is 0.317 e. The average molecular weight is 410 g/mol. The van der Waals surface area contributed by atoms with Crippen molar-refractivity contribution in [3.63, 3.8) is 0 Å². The Morgan fingerprint density at radius 1 is 0.967 bits per heavy atom. The van der Waals surface area contributed by atoms with Crippen LogP contribution in [-0.4, -0.2) is 49.7 Å². The van der Waals surface area contributed by atoms with E-state index in [4.69, 9.17) is 9.47 Å². The highest BCUT2D eigenvalue weighted by atomic mass is 16.5. The molecule has 1 fully saturated rings. The largest absolute Gasteiger partial charge is 0.493 e. The first kappa shape index (κ1) is 20.5. The molecule has 0 radical (unpaired) electrons. The van der Waals surface area contributed by atoms with Crippen molar-refractivity contribution in [2.75, 3.05) is 33.9 Å². The van der Waals surface area contributed by atoms with Crippen molar-refractivity contribution in [3.8, 4) is 11.5 Å². The van der Waals surface area contributed by atoms with Crippen molar-refractivity contribution in [1.82, 2.24) is 15.1 Å². The number of ether oxygens (including phenoxy) is 2. The molecule has 4 rings (SSSR count). The molecule has 160 valence electrons. The summed E-state index contributed by atoms with van der Waals surface area (Å²) in [5, 5.41) is 3.13. The first-order valence-electron chi connectivity index (χ1n) is 10.7. The fourth-order valence-corrected chi connectivity index (χ4v) is 4.41. The van der Waals surface area contributed by atoms with Crippen molar-refractivity contribution in [3.05, 3.63) is 58.7 Å². The van der Waals surface area contributed by atoms with E-state index in [0.717, 1.165) is 24.3 Å². The van der Waals surface area contributed by atoms with E-state index in [-0.39, 0.29) is 6.03 Å². The maximum atomic E-state index is 12.9. The molecule has 2 amide bonds. The fourth-order valence-electron chi connectivity index (χ4n) is 4.41. The SMILES string of the molecule is COc1cc2c(cc1OC)CN(C(=O)NCc1ccccc1CN1CCCC1)CC2. The molecule has 0 unspecified atom stereocenters. The molecule has 1 N–H and O–H groups in total. The molecular weight excluding hydrogens is 378 g/mol. The number of urea groups is 1. The number of benzene rings is 2. The number of rotatable bonds is 6. The molecule has 2 aromatic rings. The molecule has 30 heavy (non-hydrogen) atoms. The van der Waals surface area contributed by atoms with E-state index < -0.39 is 0 Å². The van der Waals surface area contributed by atoms with Crippen molar-refractivity contribution in [2.24, 2.45) is 0 Å². The third kappa shape index (κ3) is 4.54. The Hall–Kier alpha value is -2.73. The Bertz CT molecular complexity index is 893. The number of methoxy groups -OCH3 is 2. The van der Waals surface area contributed by atoms with Crippen LogP contribution in [0.15, 0.2) is 36.4 Å². The number of nitrogens with zero attached hydrogens (tertiary/aromatic N) is 2. The molecular formula is C24H31N3O3. The van der Waals surface area contributed by atoms with Crippen molar-refractivity contribution >= 4 is 6.03 Å². The Kier molecular flexibility index (Phi) is 6.43. The highest BCUT2D eigenvalue weighted by Gasteiger charge is 2.23. The van der Waals surface area contributed by atoms with Crippen LogP contribution in [0.3, 0.4) is 0 Å². The van der Waals surface area contributed by atoms with Gasteiger partial charge in [-0.3, -0.25) is 4.90 Å². The Balaban J connectivity index is 1.39. The average Bonchev–Trinajstić information content (AvgIpc) is 3.30. The van der Waals surface area contributed by atoms with Gasteiger partial charge in [0, 0.05) is 26.2 Å². The zero-order chi connectivity index (χ0) is 20.9. The predicted molar refractivity (Wildman–Crippen MR) is 117 cm³/mol. The molecule has 2 aliphatic heterocycles. The molecule has 2 aromatic carbocycles. The number of likely N-dealkylation sites (tertiary alicyclic amines) is 1. The molecule has 0 atom stereocenters. The normalized spacial score (nSPS) is 16.3. The summed E-state index contributed by atoms with van der Waals surface area (Å²) >= 11 is 0. The molecule has 6 nitrogen and oxygen atoms in total. The van der Waals surface area contributed by atoms with Gasteiger partial charge in [0.1, 0.15) is 0 Å². The monoisotopic (exact) mass is 409 g/mol. The van der Waals surface area contributed by atoms with E-state index in [1.165, 1.54) is 42.6 Å². The van der Waals surface area contributed by atoms with Gasteiger partial charge in [0.2, 0.25) is 0 Å². The molecule has 2 aliphatic rings. The molecule has 1 saturated heterocycles. The van der Waals surface area contributed by atoms with Crippen molar-refractivity contribution in [1.29, 1.82) is 0 Å². The van der Waals surface area contributed by atoms with Gasteiger partial charge in [-0.2, -0.15) is 0 Å².